The molecule has 1 saturated carbocycles. The highest BCUT2D eigenvalue weighted by atomic mass is 16.5. The number of carbonyl (C=O) groups excluding carboxylic acids is 1. The van der Waals surface area contributed by atoms with Gasteiger partial charge in [0.2, 0.25) is 11.7 Å². The number of rotatable bonds is 4. The molecule has 110 valence electrons. The number of methoxy groups -OCH3 is 1. The number of hydrogen-bond donors (Lipinski definition) is 0. The number of ether oxygens (including phenoxy) is 1. The predicted octanol–water partition coefficient (Wildman–Crippen LogP) is 3.05. The third-order valence-electron chi connectivity index (χ3n) is 3.90. The van der Waals surface area contributed by atoms with Gasteiger partial charge in [-0.1, -0.05) is 23.7 Å². The van der Waals surface area contributed by atoms with Gasteiger partial charge in [-0.2, -0.15) is 4.98 Å². The van der Waals surface area contributed by atoms with E-state index in [9.17, 15) is 4.79 Å². The van der Waals surface area contributed by atoms with Gasteiger partial charge in [0.05, 0.1) is 7.11 Å². The van der Waals surface area contributed by atoms with Crippen molar-refractivity contribution in [2.75, 3.05) is 7.11 Å². The molecule has 5 nitrogen and oxygen atoms in total. The standard InChI is InChI=1S/C16H18N2O3/c1-20-13-7-4-6-12(9-13)16-17-15(21-18-16)10-11-5-2-3-8-14(11)19/h4,6-7,9,11H,2-3,5,8,10H2,1H3. The van der Waals surface area contributed by atoms with E-state index in [1.165, 1.54) is 0 Å². The molecule has 1 aromatic heterocycles. The van der Waals surface area contributed by atoms with Crippen LogP contribution < -0.4 is 4.74 Å². The molecule has 1 aliphatic carbocycles. The Hall–Kier alpha value is -2.17. The Balaban J connectivity index is 1.75. The Labute approximate surface area is 123 Å². The summed E-state index contributed by atoms with van der Waals surface area (Å²) in [6.45, 7) is 0. The average Bonchev–Trinajstić information content (AvgIpc) is 2.98. The van der Waals surface area contributed by atoms with Crippen LogP contribution >= 0.6 is 0 Å². The third kappa shape index (κ3) is 3.12. The summed E-state index contributed by atoms with van der Waals surface area (Å²) in [7, 11) is 1.62. The van der Waals surface area contributed by atoms with Gasteiger partial charge >= 0.3 is 0 Å². The first kappa shape index (κ1) is 13.8. The van der Waals surface area contributed by atoms with Gasteiger partial charge in [-0.15, -0.1) is 0 Å². The van der Waals surface area contributed by atoms with Crippen LogP contribution in [0.2, 0.25) is 0 Å². The number of benzene rings is 1. The van der Waals surface area contributed by atoms with E-state index in [0.717, 1.165) is 30.6 Å². The SMILES string of the molecule is COc1cccc(-c2noc(CC3CCCCC3=O)n2)c1. The van der Waals surface area contributed by atoms with Gasteiger partial charge in [-0.3, -0.25) is 4.79 Å². The van der Waals surface area contributed by atoms with Crippen molar-refractivity contribution in [3.63, 3.8) is 0 Å². The highest BCUT2D eigenvalue weighted by Crippen LogP contribution is 2.25. The number of ketones is 1. The maximum Gasteiger partial charge on any atom is 0.227 e. The lowest BCUT2D eigenvalue weighted by atomic mass is 9.86. The van der Waals surface area contributed by atoms with Crippen LogP contribution in [0.5, 0.6) is 5.75 Å². The largest absolute Gasteiger partial charge is 0.497 e. The summed E-state index contributed by atoms with van der Waals surface area (Å²) in [5.74, 6) is 2.18. The van der Waals surface area contributed by atoms with Crippen molar-refractivity contribution in [1.82, 2.24) is 10.1 Å². The molecule has 5 heteroatoms. The number of hydrogen-bond acceptors (Lipinski definition) is 5. The van der Waals surface area contributed by atoms with E-state index in [2.05, 4.69) is 10.1 Å². The molecule has 0 bridgehead atoms. The van der Waals surface area contributed by atoms with E-state index < -0.39 is 0 Å². The number of nitrogens with zero attached hydrogens (tertiary/aromatic N) is 2. The number of carbonyl (C=O) groups is 1. The van der Waals surface area contributed by atoms with Gasteiger partial charge in [-0.25, -0.2) is 0 Å². The predicted molar refractivity (Wildman–Crippen MR) is 77.0 cm³/mol. The molecule has 0 amide bonds. The van der Waals surface area contributed by atoms with Gasteiger partial charge in [0.25, 0.3) is 0 Å². The van der Waals surface area contributed by atoms with E-state index in [0.29, 0.717) is 30.3 Å². The Morgan fingerprint density at radius 1 is 1.38 bits per heavy atom. The van der Waals surface area contributed by atoms with E-state index in [1.807, 2.05) is 24.3 Å². The van der Waals surface area contributed by atoms with Crippen LogP contribution in [0.3, 0.4) is 0 Å². The molecule has 1 fully saturated rings. The number of aromatic nitrogens is 2. The Bertz CT molecular complexity index is 636. The monoisotopic (exact) mass is 286 g/mol. The van der Waals surface area contributed by atoms with Crippen molar-refractivity contribution in [3.8, 4) is 17.1 Å². The zero-order valence-electron chi connectivity index (χ0n) is 12.0. The summed E-state index contributed by atoms with van der Waals surface area (Å²) in [5, 5.41) is 4.00. The molecular weight excluding hydrogens is 268 g/mol. The summed E-state index contributed by atoms with van der Waals surface area (Å²) < 4.78 is 10.5. The lowest BCUT2D eigenvalue weighted by Crippen LogP contribution is -2.21. The summed E-state index contributed by atoms with van der Waals surface area (Å²) in [6, 6.07) is 7.52. The van der Waals surface area contributed by atoms with Crippen molar-refractivity contribution >= 4 is 5.78 Å². The zero-order chi connectivity index (χ0) is 14.7. The molecule has 0 aliphatic heterocycles. The van der Waals surface area contributed by atoms with Crippen LogP contribution in [0.15, 0.2) is 28.8 Å². The minimum atomic E-state index is 0.0392. The second kappa shape index (κ2) is 6.08. The maximum absolute atomic E-state index is 11.9. The molecule has 0 saturated heterocycles. The van der Waals surface area contributed by atoms with Crippen molar-refractivity contribution in [2.45, 2.75) is 32.1 Å². The summed E-state index contributed by atoms with van der Waals surface area (Å²) in [4.78, 5) is 16.3. The molecular formula is C16H18N2O3. The molecule has 1 atom stereocenters. The third-order valence-corrected chi connectivity index (χ3v) is 3.90. The lowest BCUT2D eigenvalue weighted by molar-refractivity contribution is -0.124. The van der Waals surface area contributed by atoms with Crippen LogP contribution in [0, 0.1) is 5.92 Å². The first-order valence-corrected chi connectivity index (χ1v) is 7.26. The van der Waals surface area contributed by atoms with E-state index in [1.54, 1.807) is 7.11 Å². The molecule has 1 aromatic carbocycles. The summed E-state index contributed by atoms with van der Waals surface area (Å²) >= 11 is 0. The first-order chi connectivity index (χ1) is 10.3. The quantitative estimate of drug-likeness (QED) is 0.864. The fourth-order valence-electron chi connectivity index (χ4n) is 2.70. The van der Waals surface area contributed by atoms with Crippen LogP contribution in [0.4, 0.5) is 0 Å². The average molecular weight is 286 g/mol. The Morgan fingerprint density at radius 2 is 2.29 bits per heavy atom. The van der Waals surface area contributed by atoms with Crippen molar-refractivity contribution < 1.29 is 14.1 Å². The van der Waals surface area contributed by atoms with E-state index in [-0.39, 0.29) is 5.92 Å². The Kier molecular flexibility index (Phi) is 3.99. The van der Waals surface area contributed by atoms with Crippen LogP contribution in [-0.2, 0) is 11.2 Å². The molecule has 1 unspecified atom stereocenters. The normalized spacial score (nSPS) is 18.7. The van der Waals surface area contributed by atoms with Crippen LogP contribution in [0.1, 0.15) is 31.6 Å². The number of Topliss-reactive ketones (excluding diaryl/α,β-unsaturated/α-hetero) is 1. The molecule has 21 heavy (non-hydrogen) atoms. The van der Waals surface area contributed by atoms with Gasteiger partial charge < -0.3 is 9.26 Å². The molecule has 1 heterocycles. The minimum Gasteiger partial charge on any atom is -0.497 e. The fraction of sp³-hybridized carbons (Fsp3) is 0.438. The molecule has 0 spiro atoms. The fourth-order valence-corrected chi connectivity index (χ4v) is 2.70. The molecule has 0 radical (unpaired) electrons. The smallest absolute Gasteiger partial charge is 0.227 e. The maximum atomic E-state index is 11.9. The van der Waals surface area contributed by atoms with Gasteiger partial charge in [-0.05, 0) is 25.0 Å². The van der Waals surface area contributed by atoms with Gasteiger partial charge in [0, 0.05) is 24.3 Å². The summed E-state index contributed by atoms with van der Waals surface area (Å²) in [5.41, 5.74) is 0.847. The Morgan fingerprint density at radius 3 is 3.10 bits per heavy atom. The second-order valence-corrected chi connectivity index (χ2v) is 5.36. The van der Waals surface area contributed by atoms with Crippen molar-refractivity contribution in [2.24, 2.45) is 5.92 Å². The topological polar surface area (TPSA) is 65.2 Å². The van der Waals surface area contributed by atoms with Crippen molar-refractivity contribution in [1.29, 1.82) is 0 Å². The minimum absolute atomic E-state index is 0.0392. The molecule has 2 aromatic rings. The van der Waals surface area contributed by atoms with Crippen LogP contribution in [-0.4, -0.2) is 23.0 Å². The van der Waals surface area contributed by atoms with Crippen molar-refractivity contribution in [3.05, 3.63) is 30.2 Å². The first-order valence-electron chi connectivity index (χ1n) is 7.26. The summed E-state index contributed by atoms with van der Waals surface area (Å²) in [6.07, 6.45) is 4.27. The van der Waals surface area contributed by atoms with Gasteiger partial charge in [0.15, 0.2) is 0 Å². The van der Waals surface area contributed by atoms with E-state index in [4.69, 9.17) is 9.26 Å². The lowest BCUT2D eigenvalue weighted by Gasteiger charge is -2.18. The molecule has 1 aliphatic rings. The highest BCUT2D eigenvalue weighted by molar-refractivity contribution is 5.81. The highest BCUT2D eigenvalue weighted by Gasteiger charge is 2.24. The van der Waals surface area contributed by atoms with Crippen LogP contribution in [0.25, 0.3) is 11.4 Å². The second-order valence-electron chi connectivity index (χ2n) is 5.36. The van der Waals surface area contributed by atoms with Gasteiger partial charge in [0.1, 0.15) is 11.5 Å². The zero-order valence-corrected chi connectivity index (χ0v) is 12.0. The molecule has 0 N–H and O–H groups in total. The molecule has 3 rings (SSSR count). The van der Waals surface area contributed by atoms with E-state index >= 15 is 0 Å².